The minimum absolute atomic E-state index is 0.0618. The number of hydrogen-bond acceptors (Lipinski definition) is 3. The topological polar surface area (TPSA) is 63.6 Å². The number of unbranched alkanes of at least 4 members (excludes halogenated alkanes) is 18. The summed E-state index contributed by atoms with van der Waals surface area (Å²) in [7, 11) is 0. The maximum absolute atomic E-state index is 12.7. The van der Waals surface area contributed by atoms with Crippen LogP contribution in [0.25, 0.3) is 0 Å². The van der Waals surface area contributed by atoms with E-state index in [2.05, 4.69) is 54.5 Å². The highest BCUT2D eigenvalue weighted by Crippen LogP contribution is 2.67. The molecule has 4 rings (SSSR count). The van der Waals surface area contributed by atoms with Gasteiger partial charge in [0, 0.05) is 19.3 Å². The largest absolute Gasteiger partial charge is 0.481 e. The Labute approximate surface area is 354 Å². The number of esters is 1. The molecule has 4 aliphatic carbocycles. The molecule has 3 saturated carbocycles. The molecule has 0 aromatic rings. The number of carbonyl (C=O) groups is 2. The minimum atomic E-state index is -0.659. The number of aliphatic carboxylic acids is 1. The van der Waals surface area contributed by atoms with E-state index in [1.54, 1.807) is 5.57 Å². The highest BCUT2D eigenvalue weighted by molar-refractivity contribution is 5.69. The molecule has 0 heterocycles. The average molecular weight is 797 g/mol. The molecule has 0 saturated heterocycles. The summed E-state index contributed by atoms with van der Waals surface area (Å²) in [6, 6.07) is 0. The summed E-state index contributed by atoms with van der Waals surface area (Å²) in [6.45, 7) is 17.2. The molecule has 4 aliphatic rings. The standard InChI is InChI=1S/C41H72O2.C12H24O2/c1-7-8-9-10-11-12-13-14-15-16-17-21-39(42)43-34-26-28-40(5)33(30-34)22-23-35-37-25-24-36(32(4)20-18-19-31(2)3)41(37,6)29-27-38(35)40;1-2-3-4-5-6-7-8-9-10-11-12(13)14/h22,31-32,34-38H,7-21,23-30H2,1-6H3;2-11H2,1H3,(H,13,14)/t32-,34?,35?,36-,37?,38?,40+,41-;/m1./s1. The lowest BCUT2D eigenvalue weighted by atomic mass is 9.47. The molecule has 8 atom stereocenters. The van der Waals surface area contributed by atoms with Crippen molar-refractivity contribution in [1.29, 1.82) is 0 Å². The Hall–Kier alpha value is -1.32. The zero-order chi connectivity index (χ0) is 41.5. The summed E-state index contributed by atoms with van der Waals surface area (Å²) in [4.78, 5) is 22.9. The van der Waals surface area contributed by atoms with Gasteiger partial charge in [0.25, 0.3) is 0 Å². The van der Waals surface area contributed by atoms with Gasteiger partial charge in [0.15, 0.2) is 0 Å². The van der Waals surface area contributed by atoms with Crippen LogP contribution in [0.15, 0.2) is 11.6 Å². The van der Waals surface area contributed by atoms with Gasteiger partial charge in [0.1, 0.15) is 6.10 Å². The molecule has 1 N–H and O–H groups in total. The molecule has 4 heteroatoms. The van der Waals surface area contributed by atoms with E-state index in [0.717, 1.165) is 67.6 Å². The molecule has 4 nitrogen and oxygen atoms in total. The van der Waals surface area contributed by atoms with Crippen LogP contribution in [0.2, 0.25) is 0 Å². The smallest absolute Gasteiger partial charge is 0.306 e. The summed E-state index contributed by atoms with van der Waals surface area (Å²) in [5, 5.41) is 8.41. The quantitative estimate of drug-likeness (QED) is 0.0487. The Balaban J connectivity index is 0.000000529. The molecule has 57 heavy (non-hydrogen) atoms. The molecular formula is C53H96O4. The fourth-order valence-electron chi connectivity index (χ4n) is 12.5. The first-order valence-corrected chi connectivity index (χ1v) is 25.6. The van der Waals surface area contributed by atoms with Gasteiger partial charge in [-0.1, -0.05) is 195 Å². The Bertz CT molecular complexity index is 1130. The molecule has 0 aromatic heterocycles. The van der Waals surface area contributed by atoms with E-state index >= 15 is 0 Å². The fraction of sp³-hybridized carbons (Fsp3) is 0.925. The second kappa shape index (κ2) is 27.5. The van der Waals surface area contributed by atoms with Gasteiger partial charge in [-0.25, -0.2) is 0 Å². The predicted molar refractivity (Wildman–Crippen MR) is 243 cm³/mol. The van der Waals surface area contributed by atoms with E-state index in [9.17, 15) is 9.59 Å². The normalized spacial score (nSPS) is 28.4. The zero-order valence-electron chi connectivity index (χ0n) is 39.1. The van der Waals surface area contributed by atoms with Crippen LogP contribution in [0.5, 0.6) is 0 Å². The van der Waals surface area contributed by atoms with E-state index in [1.165, 1.54) is 167 Å². The molecule has 0 amide bonds. The predicted octanol–water partition coefficient (Wildman–Crippen LogP) is 16.6. The van der Waals surface area contributed by atoms with Crippen LogP contribution in [0.3, 0.4) is 0 Å². The molecule has 3 fully saturated rings. The fourth-order valence-corrected chi connectivity index (χ4v) is 12.5. The summed E-state index contributed by atoms with van der Waals surface area (Å²) >= 11 is 0. The van der Waals surface area contributed by atoms with E-state index in [1.807, 2.05) is 0 Å². The maximum atomic E-state index is 12.7. The molecule has 0 bridgehead atoms. The molecular weight excluding hydrogens is 701 g/mol. The van der Waals surface area contributed by atoms with Crippen molar-refractivity contribution in [2.75, 3.05) is 0 Å². The van der Waals surface area contributed by atoms with Crippen molar-refractivity contribution in [3.63, 3.8) is 0 Å². The summed E-state index contributed by atoms with van der Waals surface area (Å²) in [5.74, 6) is 4.69. The van der Waals surface area contributed by atoms with Crippen LogP contribution < -0.4 is 0 Å². The third-order valence-electron chi connectivity index (χ3n) is 16.0. The van der Waals surface area contributed by atoms with Crippen LogP contribution in [0.4, 0.5) is 0 Å². The van der Waals surface area contributed by atoms with Gasteiger partial charge >= 0.3 is 11.9 Å². The van der Waals surface area contributed by atoms with E-state index in [4.69, 9.17) is 9.84 Å². The SMILES string of the molecule is CCCCCCCCCCCC(=O)O.CCCCCCCCCCCCCC(=O)OC1CC[C@@]2(C)C(=CCC3C2CC[C@@]2(C)C3CC[C@@H]2[C@H](C)CCCC(C)C)C1. The average Bonchev–Trinajstić information content (AvgIpc) is 3.54. The summed E-state index contributed by atoms with van der Waals surface area (Å²) in [6.07, 6.45) is 44.0. The number of carboxylic acid groups (broad SMARTS) is 1. The van der Waals surface area contributed by atoms with E-state index in [0.29, 0.717) is 23.7 Å². The number of fused-ring (bicyclic) bond motifs is 5. The van der Waals surface area contributed by atoms with Crippen molar-refractivity contribution in [1.82, 2.24) is 0 Å². The third-order valence-corrected chi connectivity index (χ3v) is 16.0. The molecule has 332 valence electrons. The number of carboxylic acids is 1. The Morgan fingerprint density at radius 3 is 1.75 bits per heavy atom. The van der Waals surface area contributed by atoms with Gasteiger partial charge in [-0.2, -0.15) is 0 Å². The van der Waals surface area contributed by atoms with Crippen LogP contribution >= 0.6 is 0 Å². The van der Waals surface area contributed by atoms with Crippen LogP contribution in [0.1, 0.15) is 260 Å². The van der Waals surface area contributed by atoms with E-state index < -0.39 is 5.97 Å². The summed E-state index contributed by atoms with van der Waals surface area (Å²) in [5.41, 5.74) is 2.54. The molecule has 0 aliphatic heterocycles. The highest BCUT2D eigenvalue weighted by atomic mass is 16.5. The lowest BCUT2D eigenvalue weighted by molar-refractivity contribution is -0.151. The van der Waals surface area contributed by atoms with Crippen molar-refractivity contribution in [2.45, 2.75) is 266 Å². The second-order valence-corrected chi connectivity index (χ2v) is 20.9. The summed E-state index contributed by atoms with van der Waals surface area (Å²) < 4.78 is 6.11. The minimum Gasteiger partial charge on any atom is -0.481 e. The van der Waals surface area contributed by atoms with Crippen molar-refractivity contribution in [2.24, 2.45) is 46.3 Å². The Morgan fingerprint density at radius 1 is 0.667 bits per heavy atom. The van der Waals surface area contributed by atoms with Crippen molar-refractivity contribution < 1.29 is 19.4 Å². The Kier molecular flexibility index (Phi) is 24.2. The van der Waals surface area contributed by atoms with Gasteiger partial charge in [-0.15, -0.1) is 0 Å². The first-order valence-electron chi connectivity index (χ1n) is 25.6. The van der Waals surface area contributed by atoms with Gasteiger partial charge in [0.2, 0.25) is 0 Å². The van der Waals surface area contributed by atoms with Crippen molar-refractivity contribution in [3.05, 3.63) is 11.6 Å². The number of allylic oxidation sites excluding steroid dienone is 1. The number of carbonyl (C=O) groups excluding carboxylic acids is 1. The lowest BCUT2D eigenvalue weighted by Gasteiger charge is -2.58. The van der Waals surface area contributed by atoms with Crippen LogP contribution in [-0.2, 0) is 14.3 Å². The third kappa shape index (κ3) is 16.9. The first-order chi connectivity index (χ1) is 27.5. The van der Waals surface area contributed by atoms with Gasteiger partial charge in [-0.05, 0) is 104 Å². The monoisotopic (exact) mass is 797 g/mol. The maximum Gasteiger partial charge on any atom is 0.306 e. The Morgan fingerprint density at radius 2 is 1.21 bits per heavy atom. The highest BCUT2D eigenvalue weighted by Gasteiger charge is 2.59. The van der Waals surface area contributed by atoms with Crippen LogP contribution in [0, 0.1) is 46.3 Å². The number of hydrogen-bond donors (Lipinski definition) is 1. The number of ether oxygens (including phenoxy) is 1. The number of rotatable bonds is 28. The lowest BCUT2D eigenvalue weighted by Crippen LogP contribution is -2.51. The molecule has 0 aromatic carbocycles. The van der Waals surface area contributed by atoms with Crippen LogP contribution in [-0.4, -0.2) is 23.1 Å². The molecule has 0 radical (unpaired) electrons. The zero-order valence-corrected chi connectivity index (χ0v) is 39.1. The van der Waals surface area contributed by atoms with Gasteiger partial charge in [0.05, 0.1) is 0 Å². The van der Waals surface area contributed by atoms with Crippen molar-refractivity contribution in [3.8, 4) is 0 Å². The molecule has 4 unspecified atom stereocenters. The second-order valence-electron chi connectivity index (χ2n) is 20.9. The van der Waals surface area contributed by atoms with Gasteiger partial charge < -0.3 is 9.84 Å². The van der Waals surface area contributed by atoms with E-state index in [-0.39, 0.29) is 12.1 Å². The van der Waals surface area contributed by atoms with Crippen molar-refractivity contribution >= 4 is 11.9 Å². The van der Waals surface area contributed by atoms with Gasteiger partial charge in [-0.3, -0.25) is 9.59 Å². The first kappa shape index (κ1) is 50.0. The molecule has 0 spiro atoms.